The number of aryl methyl sites for hydroxylation is 2. The Morgan fingerprint density at radius 2 is 2.25 bits per heavy atom. The van der Waals surface area contributed by atoms with Gasteiger partial charge >= 0.3 is 0 Å². The minimum Gasteiger partial charge on any atom is -0.350 e. The molecule has 0 aliphatic heterocycles. The van der Waals surface area contributed by atoms with E-state index in [4.69, 9.17) is 5.26 Å². The smallest absolute Gasteiger partial charge is 0.145 e. The molecule has 0 spiro atoms. The maximum absolute atomic E-state index is 9.16. The van der Waals surface area contributed by atoms with Gasteiger partial charge in [-0.15, -0.1) is 6.58 Å². The van der Waals surface area contributed by atoms with Crippen LogP contribution >= 0.6 is 0 Å². The van der Waals surface area contributed by atoms with Crippen LogP contribution in [0.25, 0.3) is 0 Å². The van der Waals surface area contributed by atoms with Crippen LogP contribution in [-0.2, 0) is 7.05 Å². The van der Waals surface area contributed by atoms with E-state index in [-0.39, 0.29) is 0 Å². The second kappa shape index (κ2) is 4.84. The van der Waals surface area contributed by atoms with Gasteiger partial charge in [-0.05, 0) is 20.8 Å². The minimum absolute atomic E-state index is 0.305. The Kier molecular flexibility index (Phi) is 3.73. The van der Waals surface area contributed by atoms with E-state index in [1.165, 1.54) is 0 Å². The van der Waals surface area contributed by atoms with Crippen molar-refractivity contribution >= 4 is 5.82 Å². The average Bonchev–Trinajstić information content (AvgIpc) is 2.49. The van der Waals surface area contributed by atoms with Crippen LogP contribution in [0.3, 0.4) is 0 Å². The lowest BCUT2D eigenvalue weighted by Gasteiger charge is -2.27. The minimum atomic E-state index is 0.305. The molecule has 16 heavy (non-hydrogen) atoms. The SMILES string of the molecule is C=CCN(c1c(C#N)c(C)nn1C)C(C)C. The van der Waals surface area contributed by atoms with E-state index in [0.717, 1.165) is 11.5 Å². The molecule has 0 N–H and O–H groups in total. The summed E-state index contributed by atoms with van der Waals surface area (Å²) in [7, 11) is 1.86. The lowest BCUT2D eigenvalue weighted by Crippen LogP contribution is -2.33. The molecule has 1 heterocycles. The molecule has 0 aliphatic carbocycles. The molecule has 0 atom stereocenters. The first kappa shape index (κ1) is 12.3. The second-order valence-electron chi connectivity index (χ2n) is 4.05. The number of hydrogen-bond acceptors (Lipinski definition) is 3. The third kappa shape index (κ3) is 2.08. The fraction of sp³-hybridized carbons (Fsp3) is 0.500. The van der Waals surface area contributed by atoms with Crippen molar-refractivity contribution < 1.29 is 0 Å². The van der Waals surface area contributed by atoms with Crippen LogP contribution in [0.1, 0.15) is 25.1 Å². The predicted molar refractivity (Wildman–Crippen MR) is 65.3 cm³/mol. The largest absolute Gasteiger partial charge is 0.350 e. The molecule has 0 bridgehead atoms. The number of hydrogen-bond donors (Lipinski definition) is 0. The molecule has 1 aromatic heterocycles. The van der Waals surface area contributed by atoms with Crippen molar-refractivity contribution in [1.29, 1.82) is 5.26 Å². The van der Waals surface area contributed by atoms with E-state index >= 15 is 0 Å². The van der Waals surface area contributed by atoms with Gasteiger partial charge in [0.15, 0.2) is 0 Å². The normalized spacial score (nSPS) is 10.2. The first-order chi connectivity index (χ1) is 7.52. The van der Waals surface area contributed by atoms with Crippen LogP contribution in [0.2, 0.25) is 0 Å². The monoisotopic (exact) mass is 218 g/mol. The van der Waals surface area contributed by atoms with E-state index in [2.05, 4.69) is 36.5 Å². The Hall–Kier alpha value is -1.76. The fourth-order valence-electron chi connectivity index (χ4n) is 1.79. The summed E-state index contributed by atoms with van der Waals surface area (Å²) in [5.41, 5.74) is 1.42. The van der Waals surface area contributed by atoms with E-state index in [9.17, 15) is 0 Å². The molecule has 0 aromatic carbocycles. The zero-order valence-corrected chi connectivity index (χ0v) is 10.4. The lowest BCUT2D eigenvalue weighted by molar-refractivity contribution is 0.662. The molecule has 1 aromatic rings. The predicted octanol–water partition coefficient (Wildman–Crippen LogP) is 2.00. The highest BCUT2D eigenvalue weighted by molar-refractivity contribution is 5.57. The number of nitriles is 1. The van der Waals surface area contributed by atoms with Crippen LogP contribution < -0.4 is 4.90 Å². The van der Waals surface area contributed by atoms with Crippen LogP contribution in [0.15, 0.2) is 12.7 Å². The van der Waals surface area contributed by atoms with Crippen molar-refractivity contribution in [2.45, 2.75) is 26.8 Å². The molecule has 1 rings (SSSR count). The summed E-state index contributed by atoms with van der Waals surface area (Å²) in [5, 5.41) is 13.4. The Morgan fingerprint density at radius 1 is 1.62 bits per heavy atom. The van der Waals surface area contributed by atoms with Gasteiger partial charge in [0.25, 0.3) is 0 Å². The van der Waals surface area contributed by atoms with Gasteiger partial charge in [0.05, 0.1) is 5.69 Å². The maximum Gasteiger partial charge on any atom is 0.145 e. The quantitative estimate of drug-likeness (QED) is 0.726. The number of anilines is 1. The summed E-state index contributed by atoms with van der Waals surface area (Å²) >= 11 is 0. The zero-order valence-electron chi connectivity index (χ0n) is 10.4. The first-order valence-corrected chi connectivity index (χ1v) is 5.34. The fourth-order valence-corrected chi connectivity index (χ4v) is 1.79. The van der Waals surface area contributed by atoms with Gasteiger partial charge in [0.1, 0.15) is 17.5 Å². The Balaban J connectivity index is 3.28. The summed E-state index contributed by atoms with van der Waals surface area (Å²) in [5.74, 6) is 0.870. The van der Waals surface area contributed by atoms with Crippen molar-refractivity contribution in [3.63, 3.8) is 0 Å². The third-order valence-electron chi connectivity index (χ3n) is 2.52. The van der Waals surface area contributed by atoms with E-state index < -0.39 is 0 Å². The van der Waals surface area contributed by atoms with Crippen LogP contribution in [0, 0.1) is 18.3 Å². The van der Waals surface area contributed by atoms with E-state index in [1.54, 1.807) is 4.68 Å². The molecule has 4 nitrogen and oxygen atoms in total. The van der Waals surface area contributed by atoms with Crippen LogP contribution in [0.5, 0.6) is 0 Å². The molecule has 86 valence electrons. The number of rotatable bonds is 4. The van der Waals surface area contributed by atoms with Gasteiger partial charge in [-0.2, -0.15) is 10.4 Å². The van der Waals surface area contributed by atoms with Crippen molar-refractivity contribution in [2.24, 2.45) is 7.05 Å². The molecule has 4 heteroatoms. The molecule has 0 radical (unpaired) electrons. The molecular weight excluding hydrogens is 200 g/mol. The molecule has 0 fully saturated rings. The van der Waals surface area contributed by atoms with Gasteiger partial charge in [-0.3, -0.25) is 4.68 Å². The molecule has 0 amide bonds. The van der Waals surface area contributed by atoms with Gasteiger partial charge in [-0.25, -0.2) is 0 Å². The van der Waals surface area contributed by atoms with Gasteiger partial charge in [0.2, 0.25) is 0 Å². The maximum atomic E-state index is 9.16. The standard InChI is InChI=1S/C12H18N4/c1-6-7-16(9(2)3)12-11(8-13)10(4)14-15(12)5/h6,9H,1,7H2,2-5H3. The molecular formula is C12H18N4. The third-order valence-corrected chi connectivity index (χ3v) is 2.52. The van der Waals surface area contributed by atoms with Crippen molar-refractivity contribution in [3.05, 3.63) is 23.9 Å². The lowest BCUT2D eigenvalue weighted by atomic mass is 10.2. The van der Waals surface area contributed by atoms with E-state index in [1.807, 2.05) is 20.0 Å². The summed E-state index contributed by atoms with van der Waals surface area (Å²) < 4.78 is 1.76. The molecule has 0 aliphatic rings. The Labute approximate surface area is 96.8 Å². The van der Waals surface area contributed by atoms with E-state index in [0.29, 0.717) is 18.2 Å². The highest BCUT2D eigenvalue weighted by Gasteiger charge is 2.20. The van der Waals surface area contributed by atoms with Crippen molar-refractivity contribution in [2.75, 3.05) is 11.4 Å². The van der Waals surface area contributed by atoms with Crippen molar-refractivity contribution in [3.8, 4) is 6.07 Å². The number of aromatic nitrogens is 2. The van der Waals surface area contributed by atoms with Crippen LogP contribution in [0.4, 0.5) is 5.82 Å². The molecule has 0 unspecified atom stereocenters. The Morgan fingerprint density at radius 3 is 2.69 bits per heavy atom. The first-order valence-electron chi connectivity index (χ1n) is 5.34. The number of nitrogens with zero attached hydrogens (tertiary/aromatic N) is 4. The van der Waals surface area contributed by atoms with Gasteiger partial charge < -0.3 is 4.90 Å². The highest BCUT2D eigenvalue weighted by Crippen LogP contribution is 2.23. The zero-order chi connectivity index (χ0) is 12.3. The van der Waals surface area contributed by atoms with Gasteiger partial charge in [0, 0.05) is 19.6 Å². The highest BCUT2D eigenvalue weighted by atomic mass is 15.4. The summed E-state index contributed by atoms with van der Waals surface area (Å²) in [4.78, 5) is 2.12. The summed E-state index contributed by atoms with van der Waals surface area (Å²) in [6.45, 7) is 10.5. The summed E-state index contributed by atoms with van der Waals surface area (Å²) in [6.07, 6.45) is 1.84. The Bertz CT molecular complexity index is 423. The molecule has 0 saturated carbocycles. The molecule has 0 saturated heterocycles. The topological polar surface area (TPSA) is 44.9 Å². The average molecular weight is 218 g/mol. The second-order valence-corrected chi connectivity index (χ2v) is 4.05. The van der Waals surface area contributed by atoms with Gasteiger partial charge in [-0.1, -0.05) is 6.08 Å². The van der Waals surface area contributed by atoms with Crippen LogP contribution in [-0.4, -0.2) is 22.4 Å². The summed E-state index contributed by atoms with van der Waals surface area (Å²) in [6, 6.07) is 2.52. The van der Waals surface area contributed by atoms with Crippen molar-refractivity contribution in [1.82, 2.24) is 9.78 Å².